The number of aryl methyl sites for hydroxylation is 1. The summed E-state index contributed by atoms with van der Waals surface area (Å²) < 4.78 is 0. The van der Waals surface area contributed by atoms with E-state index in [1.165, 1.54) is 0 Å². The summed E-state index contributed by atoms with van der Waals surface area (Å²) in [4.78, 5) is 9.12. The molecule has 0 aliphatic rings. The minimum absolute atomic E-state index is 0.0645. The van der Waals surface area contributed by atoms with Gasteiger partial charge in [-0.25, -0.2) is 4.98 Å². The van der Waals surface area contributed by atoms with Crippen LogP contribution in [0, 0.1) is 6.92 Å². The van der Waals surface area contributed by atoms with E-state index in [4.69, 9.17) is 18.0 Å². The lowest BCUT2D eigenvalue weighted by atomic mass is 10.2. The van der Waals surface area contributed by atoms with E-state index < -0.39 is 0 Å². The van der Waals surface area contributed by atoms with Gasteiger partial charge in [0.05, 0.1) is 11.7 Å². The van der Waals surface area contributed by atoms with Gasteiger partial charge in [-0.3, -0.25) is 4.98 Å². The number of nitrogens with one attached hydrogen (secondary N) is 1. The van der Waals surface area contributed by atoms with E-state index in [-0.39, 0.29) is 6.04 Å². The van der Waals surface area contributed by atoms with Crippen LogP contribution in [0.5, 0.6) is 0 Å². The van der Waals surface area contributed by atoms with Gasteiger partial charge in [-0.05, 0) is 38.1 Å². The second kappa shape index (κ2) is 5.75. The number of nitrogens with two attached hydrogens (primary N) is 1. The largest absolute Gasteiger partial charge is 0.389 e. The van der Waals surface area contributed by atoms with Crippen LogP contribution in [0.4, 0.5) is 5.82 Å². The molecule has 0 bridgehead atoms. The zero-order chi connectivity index (χ0) is 13.8. The molecule has 2 aromatic heterocycles. The minimum Gasteiger partial charge on any atom is -0.389 e. The molecule has 2 aromatic rings. The minimum atomic E-state index is 0.0645. The highest BCUT2D eigenvalue weighted by atomic mass is 32.1. The molecule has 1 unspecified atom stereocenters. The molecule has 0 radical (unpaired) electrons. The number of hydrogen-bond acceptors (Lipinski definition) is 4. The Bertz CT molecular complexity index is 583. The van der Waals surface area contributed by atoms with E-state index in [0.29, 0.717) is 4.99 Å². The van der Waals surface area contributed by atoms with Gasteiger partial charge in [0.2, 0.25) is 0 Å². The standard InChI is InChI=1S/C14H16N4S/c1-9-7-11(14(15)19)8-13(17-9)18-10(2)12-5-3-4-6-16-12/h3-8,10H,1-2H3,(H2,15,19)(H,17,18). The molecule has 0 amide bonds. The van der Waals surface area contributed by atoms with Crippen molar-refractivity contribution in [1.82, 2.24) is 9.97 Å². The van der Waals surface area contributed by atoms with Gasteiger partial charge < -0.3 is 11.1 Å². The molecule has 4 nitrogen and oxygen atoms in total. The van der Waals surface area contributed by atoms with Crippen molar-refractivity contribution >= 4 is 23.0 Å². The van der Waals surface area contributed by atoms with Gasteiger partial charge in [-0.2, -0.15) is 0 Å². The molecule has 0 fully saturated rings. The lowest BCUT2D eigenvalue weighted by Crippen LogP contribution is -2.13. The summed E-state index contributed by atoms with van der Waals surface area (Å²) in [5, 5.41) is 3.31. The van der Waals surface area contributed by atoms with Crippen LogP contribution in [-0.2, 0) is 0 Å². The van der Waals surface area contributed by atoms with Gasteiger partial charge in [0.25, 0.3) is 0 Å². The van der Waals surface area contributed by atoms with E-state index in [1.54, 1.807) is 6.20 Å². The number of anilines is 1. The van der Waals surface area contributed by atoms with Crippen LogP contribution in [0.2, 0.25) is 0 Å². The van der Waals surface area contributed by atoms with Crippen LogP contribution in [0.15, 0.2) is 36.5 Å². The number of pyridine rings is 2. The Morgan fingerprint density at radius 2 is 2.16 bits per heavy atom. The molecule has 0 saturated carbocycles. The Kier molecular flexibility index (Phi) is 4.06. The summed E-state index contributed by atoms with van der Waals surface area (Å²) in [6.45, 7) is 3.95. The van der Waals surface area contributed by atoms with Crippen LogP contribution < -0.4 is 11.1 Å². The Morgan fingerprint density at radius 3 is 2.79 bits per heavy atom. The average molecular weight is 272 g/mol. The molecule has 3 N–H and O–H groups in total. The average Bonchev–Trinajstić information content (AvgIpc) is 2.39. The summed E-state index contributed by atoms with van der Waals surface area (Å²) in [5.41, 5.74) is 8.31. The first-order valence-electron chi connectivity index (χ1n) is 6.02. The van der Waals surface area contributed by atoms with Gasteiger partial charge in [0.15, 0.2) is 0 Å². The van der Waals surface area contributed by atoms with Gasteiger partial charge >= 0.3 is 0 Å². The van der Waals surface area contributed by atoms with E-state index >= 15 is 0 Å². The first-order valence-corrected chi connectivity index (χ1v) is 6.43. The molecule has 2 rings (SSSR count). The van der Waals surface area contributed by atoms with E-state index in [1.807, 2.05) is 44.2 Å². The Balaban J connectivity index is 2.21. The summed E-state index contributed by atoms with van der Waals surface area (Å²) in [5.74, 6) is 0.751. The highest BCUT2D eigenvalue weighted by molar-refractivity contribution is 7.80. The summed E-state index contributed by atoms with van der Waals surface area (Å²) in [7, 11) is 0. The van der Waals surface area contributed by atoms with Crippen molar-refractivity contribution in [2.45, 2.75) is 19.9 Å². The summed E-state index contributed by atoms with van der Waals surface area (Å²) in [6.07, 6.45) is 1.78. The monoisotopic (exact) mass is 272 g/mol. The Hall–Kier alpha value is -2.01. The van der Waals surface area contributed by atoms with Crippen LogP contribution >= 0.6 is 12.2 Å². The predicted octanol–water partition coefficient (Wildman–Crippen LogP) is 2.59. The van der Waals surface area contributed by atoms with Crippen LogP contribution in [0.25, 0.3) is 0 Å². The van der Waals surface area contributed by atoms with Crippen molar-refractivity contribution in [3.8, 4) is 0 Å². The lowest BCUT2D eigenvalue weighted by molar-refractivity contribution is 0.830. The van der Waals surface area contributed by atoms with Crippen LogP contribution in [-0.4, -0.2) is 15.0 Å². The smallest absolute Gasteiger partial charge is 0.127 e. The SMILES string of the molecule is Cc1cc(C(N)=S)cc(NC(C)c2ccccn2)n1. The van der Waals surface area contributed by atoms with Gasteiger partial charge in [0, 0.05) is 17.5 Å². The fourth-order valence-corrected chi connectivity index (χ4v) is 1.93. The highest BCUT2D eigenvalue weighted by Gasteiger charge is 2.08. The highest BCUT2D eigenvalue weighted by Crippen LogP contribution is 2.17. The van der Waals surface area contributed by atoms with Crippen LogP contribution in [0.3, 0.4) is 0 Å². The molecule has 1 atom stereocenters. The Morgan fingerprint density at radius 1 is 1.37 bits per heavy atom. The second-order valence-electron chi connectivity index (χ2n) is 4.37. The first kappa shape index (κ1) is 13.4. The van der Waals surface area contributed by atoms with Crippen molar-refractivity contribution < 1.29 is 0 Å². The van der Waals surface area contributed by atoms with Gasteiger partial charge in [-0.15, -0.1) is 0 Å². The maximum Gasteiger partial charge on any atom is 0.127 e. The zero-order valence-corrected chi connectivity index (χ0v) is 11.7. The van der Waals surface area contributed by atoms with Crippen molar-refractivity contribution in [1.29, 1.82) is 0 Å². The van der Waals surface area contributed by atoms with Crippen molar-refractivity contribution in [3.05, 3.63) is 53.5 Å². The number of rotatable bonds is 4. The van der Waals surface area contributed by atoms with Gasteiger partial charge in [0.1, 0.15) is 10.8 Å². The molecule has 0 aliphatic heterocycles. The van der Waals surface area contributed by atoms with E-state index in [2.05, 4.69) is 15.3 Å². The summed E-state index contributed by atoms with van der Waals surface area (Å²) in [6, 6.07) is 9.63. The lowest BCUT2D eigenvalue weighted by Gasteiger charge is -2.15. The fraction of sp³-hybridized carbons (Fsp3) is 0.214. The first-order chi connectivity index (χ1) is 9.06. The molecular weight excluding hydrogens is 256 g/mol. The van der Waals surface area contributed by atoms with Crippen molar-refractivity contribution in [2.75, 3.05) is 5.32 Å². The molecule has 5 heteroatoms. The number of aromatic nitrogens is 2. The molecular formula is C14H16N4S. The normalized spacial score (nSPS) is 11.9. The topological polar surface area (TPSA) is 63.8 Å². The Labute approximate surface area is 118 Å². The van der Waals surface area contributed by atoms with E-state index in [9.17, 15) is 0 Å². The predicted molar refractivity (Wildman–Crippen MR) is 81.1 cm³/mol. The third-order valence-corrected chi connectivity index (χ3v) is 2.97. The molecule has 0 saturated heterocycles. The maximum atomic E-state index is 5.66. The number of nitrogens with zero attached hydrogens (tertiary/aromatic N) is 2. The number of thiocarbonyl (C=S) groups is 1. The maximum absolute atomic E-state index is 5.66. The molecule has 0 aromatic carbocycles. The van der Waals surface area contributed by atoms with Crippen molar-refractivity contribution in [3.63, 3.8) is 0 Å². The molecule has 98 valence electrons. The van der Waals surface area contributed by atoms with Crippen molar-refractivity contribution in [2.24, 2.45) is 5.73 Å². The van der Waals surface area contributed by atoms with Crippen LogP contribution in [0.1, 0.15) is 29.9 Å². The van der Waals surface area contributed by atoms with Gasteiger partial charge in [-0.1, -0.05) is 18.3 Å². The third-order valence-electron chi connectivity index (χ3n) is 2.73. The zero-order valence-electron chi connectivity index (χ0n) is 10.9. The summed E-state index contributed by atoms with van der Waals surface area (Å²) >= 11 is 5.00. The molecule has 0 aliphatic carbocycles. The third kappa shape index (κ3) is 3.48. The molecule has 0 spiro atoms. The second-order valence-corrected chi connectivity index (χ2v) is 4.81. The number of hydrogen-bond donors (Lipinski definition) is 2. The quantitative estimate of drug-likeness (QED) is 0.838. The van der Waals surface area contributed by atoms with E-state index in [0.717, 1.165) is 22.8 Å². The fourth-order valence-electron chi connectivity index (χ4n) is 1.81. The molecule has 2 heterocycles. The molecule has 19 heavy (non-hydrogen) atoms.